The van der Waals surface area contributed by atoms with Crippen LogP contribution in [0.3, 0.4) is 0 Å². The van der Waals surface area contributed by atoms with Crippen molar-refractivity contribution in [1.29, 1.82) is 0 Å². The minimum atomic E-state index is -0.359. The SMILES string of the molecule is CCN(CC)CCn1c(C)c(C)n2c3c(=O)n(C)c(=O)n(C)c3nc12. The lowest BCUT2D eigenvalue weighted by Crippen LogP contribution is -2.37. The highest BCUT2D eigenvalue weighted by molar-refractivity contribution is 5.76. The van der Waals surface area contributed by atoms with E-state index in [-0.39, 0.29) is 11.2 Å². The highest BCUT2D eigenvalue weighted by Crippen LogP contribution is 2.20. The lowest BCUT2D eigenvalue weighted by molar-refractivity contribution is 0.291. The minimum Gasteiger partial charge on any atom is -0.313 e. The number of rotatable bonds is 5. The average molecular weight is 346 g/mol. The molecule has 0 spiro atoms. The van der Waals surface area contributed by atoms with E-state index in [1.165, 1.54) is 11.6 Å². The van der Waals surface area contributed by atoms with Crippen LogP contribution >= 0.6 is 0 Å². The number of imidazole rings is 2. The van der Waals surface area contributed by atoms with Crippen LogP contribution in [0.5, 0.6) is 0 Å². The van der Waals surface area contributed by atoms with E-state index >= 15 is 0 Å². The summed E-state index contributed by atoms with van der Waals surface area (Å²) in [6.45, 7) is 12.0. The fourth-order valence-corrected chi connectivity index (χ4v) is 3.44. The third kappa shape index (κ3) is 2.43. The van der Waals surface area contributed by atoms with Crippen LogP contribution in [0.25, 0.3) is 16.9 Å². The van der Waals surface area contributed by atoms with E-state index < -0.39 is 0 Å². The summed E-state index contributed by atoms with van der Waals surface area (Å²) in [6.07, 6.45) is 0. The molecule has 3 rings (SSSR count). The van der Waals surface area contributed by atoms with Gasteiger partial charge in [-0.25, -0.2) is 4.79 Å². The molecule has 8 heteroatoms. The topological polar surface area (TPSA) is 69.5 Å². The fourth-order valence-electron chi connectivity index (χ4n) is 3.44. The van der Waals surface area contributed by atoms with Crippen molar-refractivity contribution in [3.05, 3.63) is 32.2 Å². The van der Waals surface area contributed by atoms with Gasteiger partial charge >= 0.3 is 5.69 Å². The fraction of sp³-hybridized carbons (Fsp3) is 0.588. The first-order valence-electron chi connectivity index (χ1n) is 8.69. The van der Waals surface area contributed by atoms with Gasteiger partial charge in [0.15, 0.2) is 11.2 Å². The van der Waals surface area contributed by atoms with Gasteiger partial charge in [-0.2, -0.15) is 4.98 Å². The number of hydrogen-bond acceptors (Lipinski definition) is 4. The summed E-state index contributed by atoms with van der Waals surface area (Å²) < 4.78 is 6.60. The molecule has 0 aliphatic rings. The first-order chi connectivity index (χ1) is 11.8. The zero-order chi connectivity index (χ0) is 18.5. The molecule has 0 saturated carbocycles. The third-order valence-corrected chi connectivity index (χ3v) is 5.28. The van der Waals surface area contributed by atoms with Gasteiger partial charge in [0, 0.05) is 38.6 Å². The maximum Gasteiger partial charge on any atom is 0.332 e. The van der Waals surface area contributed by atoms with E-state index in [1.54, 1.807) is 7.05 Å². The smallest absolute Gasteiger partial charge is 0.313 e. The lowest BCUT2D eigenvalue weighted by atomic mass is 10.3. The Kier molecular flexibility index (Phi) is 4.32. The molecule has 0 amide bonds. The lowest BCUT2D eigenvalue weighted by Gasteiger charge is -2.18. The first kappa shape index (κ1) is 17.5. The molecule has 3 aromatic heterocycles. The molecular weight excluding hydrogens is 320 g/mol. The van der Waals surface area contributed by atoms with Crippen LogP contribution in [0, 0.1) is 13.8 Å². The van der Waals surface area contributed by atoms with Crippen molar-refractivity contribution < 1.29 is 0 Å². The largest absolute Gasteiger partial charge is 0.332 e. The molecule has 0 N–H and O–H groups in total. The average Bonchev–Trinajstić information content (AvgIpc) is 3.10. The molecule has 0 fully saturated rings. The van der Waals surface area contributed by atoms with E-state index in [0.29, 0.717) is 11.2 Å². The molecule has 0 saturated heterocycles. The van der Waals surface area contributed by atoms with Crippen LogP contribution in [0.4, 0.5) is 0 Å². The monoisotopic (exact) mass is 346 g/mol. The van der Waals surface area contributed by atoms with Crippen LogP contribution in [0.15, 0.2) is 9.59 Å². The molecule has 0 aliphatic carbocycles. The number of nitrogens with zero attached hydrogens (tertiary/aromatic N) is 6. The molecular formula is C17H26N6O2. The number of aromatic nitrogens is 5. The molecule has 25 heavy (non-hydrogen) atoms. The van der Waals surface area contributed by atoms with Gasteiger partial charge in [0.1, 0.15) is 0 Å². The van der Waals surface area contributed by atoms with Gasteiger partial charge < -0.3 is 9.47 Å². The maximum atomic E-state index is 12.7. The number of likely N-dealkylation sites (N-methyl/N-ethyl adjacent to an activating group) is 1. The summed E-state index contributed by atoms with van der Waals surface area (Å²) in [4.78, 5) is 31.9. The second kappa shape index (κ2) is 6.18. The van der Waals surface area contributed by atoms with Crippen LogP contribution in [0.2, 0.25) is 0 Å². The van der Waals surface area contributed by atoms with Gasteiger partial charge in [-0.05, 0) is 26.9 Å². The molecule has 8 nitrogen and oxygen atoms in total. The molecule has 0 atom stereocenters. The standard InChI is InChI=1S/C17H26N6O2/c1-7-21(8-2)9-10-22-11(3)12(4)23-13-14(18-16(22)23)19(5)17(25)20(6)15(13)24/h7-10H2,1-6H3. The zero-order valence-corrected chi connectivity index (χ0v) is 15.8. The molecule has 3 heterocycles. The van der Waals surface area contributed by atoms with Crippen molar-refractivity contribution in [1.82, 2.24) is 28.0 Å². The predicted octanol–water partition coefficient (Wildman–Crippen LogP) is 0.645. The number of hydrogen-bond donors (Lipinski definition) is 0. The molecule has 0 aromatic carbocycles. The van der Waals surface area contributed by atoms with Crippen molar-refractivity contribution in [2.45, 2.75) is 34.2 Å². The quantitative estimate of drug-likeness (QED) is 0.680. The third-order valence-electron chi connectivity index (χ3n) is 5.28. The van der Waals surface area contributed by atoms with Gasteiger partial charge in [0.05, 0.1) is 0 Å². The van der Waals surface area contributed by atoms with E-state index in [1.807, 2.05) is 18.2 Å². The summed E-state index contributed by atoms with van der Waals surface area (Å²) in [6, 6.07) is 0. The van der Waals surface area contributed by atoms with Gasteiger partial charge in [0.2, 0.25) is 5.78 Å². The Labute approximate surface area is 145 Å². The van der Waals surface area contributed by atoms with E-state index in [4.69, 9.17) is 0 Å². The second-order valence-electron chi connectivity index (χ2n) is 6.47. The van der Waals surface area contributed by atoms with Crippen molar-refractivity contribution >= 4 is 16.9 Å². The van der Waals surface area contributed by atoms with E-state index in [0.717, 1.165) is 47.9 Å². The van der Waals surface area contributed by atoms with Crippen molar-refractivity contribution in [3.63, 3.8) is 0 Å². The Morgan fingerprint density at radius 1 is 1.00 bits per heavy atom. The van der Waals surface area contributed by atoms with E-state index in [9.17, 15) is 9.59 Å². The van der Waals surface area contributed by atoms with Gasteiger partial charge in [-0.3, -0.25) is 18.3 Å². The minimum absolute atomic E-state index is 0.311. The summed E-state index contributed by atoms with van der Waals surface area (Å²) in [5.74, 6) is 0.718. The molecule has 136 valence electrons. The zero-order valence-electron chi connectivity index (χ0n) is 15.8. The van der Waals surface area contributed by atoms with Gasteiger partial charge in [-0.1, -0.05) is 13.8 Å². The molecule has 0 bridgehead atoms. The Hall–Kier alpha value is -2.35. The second-order valence-corrected chi connectivity index (χ2v) is 6.47. The Morgan fingerprint density at radius 3 is 2.24 bits per heavy atom. The van der Waals surface area contributed by atoms with E-state index in [2.05, 4.69) is 28.3 Å². The first-order valence-corrected chi connectivity index (χ1v) is 8.69. The molecule has 3 aromatic rings. The van der Waals surface area contributed by atoms with Crippen LogP contribution in [-0.2, 0) is 20.6 Å². The van der Waals surface area contributed by atoms with Crippen molar-refractivity contribution in [2.75, 3.05) is 19.6 Å². The highest BCUT2D eigenvalue weighted by atomic mass is 16.2. The summed E-state index contributed by atoms with van der Waals surface area (Å²) in [7, 11) is 3.15. The highest BCUT2D eigenvalue weighted by Gasteiger charge is 2.21. The van der Waals surface area contributed by atoms with Gasteiger partial charge in [-0.15, -0.1) is 0 Å². The van der Waals surface area contributed by atoms with Crippen molar-refractivity contribution in [2.24, 2.45) is 14.1 Å². The normalized spacial score (nSPS) is 12.1. The molecule has 0 aliphatic heterocycles. The Balaban J connectivity index is 2.29. The van der Waals surface area contributed by atoms with Crippen molar-refractivity contribution in [3.8, 4) is 0 Å². The molecule has 0 radical (unpaired) electrons. The van der Waals surface area contributed by atoms with Gasteiger partial charge in [0.25, 0.3) is 5.56 Å². The Morgan fingerprint density at radius 2 is 1.64 bits per heavy atom. The molecule has 0 unspecified atom stereocenters. The van der Waals surface area contributed by atoms with Crippen LogP contribution in [0.1, 0.15) is 25.2 Å². The van der Waals surface area contributed by atoms with Crippen LogP contribution < -0.4 is 11.2 Å². The summed E-state index contributed by atoms with van der Waals surface area (Å²) >= 11 is 0. The predicted molar refractivity (Wildman–Crippen MR) is 98.4 cm³/mol. The maximum absolute atomic E-state index is 12.7. The Bertz CT molecular complexity index is 1060. The number of aryl methyl sites for hydroxylation is 2. The van der Waals surface area contributed by atoms with Crippen LogP contribution in [-0.4, -0.2) is 47.6 Å². The number of fused-ring (bicyclic) bond motifs is 3. The summed E-state index contributed by atoms with van der Waals surface area (Å²) in [5, 5.41) is 0. The summed E-state index contributed by atoms with van der Waals surface area (Å²) in [5.41, 5.74) is 2.29.